The van der Waals surface area contributed by atoms with Crippen LogP contribution in [0.15, 0.2) is 30.3 Å². The Morgan fingerprint density at radius 1 is 1.14 bits per heavy atom. The Hall–Kier alpha value is -1.47. The molecule has 1 aromatic carbocycles. The van der Waals surface area contributed by atoms with Gasteiger partial charge in [0.1, 0.15) is 6.04 Å². The quantitative estimate of drug-likeness (QED) is 0.773. The van der Waals surface area contributed by atoms with Gasteiger partial charge in [0.05, 0.1) is 0 Å². The van der Waals surface area contributed by atoms with E-state index in [1.54, 1.807) is 14.2 Å². The zero-order valence-electron chi connectivity index (χ0n) is 13.3. The molecule has 22 heavy (non-hydrogen) atoms. The maximum atomic E-state index is 12.5. The predicted octanol–water partition coefficient (Wildman–Crippen LogP) is 0.450. The van der Waals surface area contributed by atoms with E-state index in [1.165, 1.54) is 0 Å². The van der Waals surface area contributed by atoms with E-state index in [2.05, 4.69) is 4.90 Å². The Morgan fingerprint density at radius 3 is 2.27 bits per heavy atom. The van der Waals surface area contributed by atoms with Crippen molar-refractivity contribution >= 4 is 5.91 Å². The van der Waals surface area contributed by atoms with Crippen molar-refractivity contribution in [3.63, 3.8) is 0 Å². The Balaban J connectivity index is 1.85. The average molecular weight is 307 g/mol. The molecule has 0 bridgehead atoms. The van der Waals surface area contributed by atoms with Crippen molar-refractivity contribution in [2.24, 2.45) is 5.73 Å². The summed E-state index contributed by atoms with van der Waals surface area (Å²) in [5.41, 5.74) is 6.94. The highest BCUT2D eigenvalue weighted by Crippen LogP contribution is 2.14. The molecule has 1 saturated heterocycles. The van der Waals surface area contributed by atoms with Crippen LogP contribution in [0, 0.1) is 0 Å². The molecule has 0 aliphatic carbocycles. The zero-order valence-corrected chi connectivity index (χ0v) is 13.3. The van der Waals surface area contributed by atoms with E-state index in [4.69, 9.17) is 15.2 Å². The van der Waals surface area contributed by atoms with Gasteiger partial charge in [-0.2, -0.15) is 0 Å². The summed E-state index contributed by atoms with van der Waals surface area (Å²) >= 11 is 0. The number of carbonyl (C=O) groups excluding carboxylic acids is 1. The summed E-state index contributed by atoms with van der Waals surface area (Å²) in [5, 5.41) is 0. The molecular weight excluding hydrogens is 282 g/mol. The van der Waals surface area contributed by atoms with E-state index in [0.29, 0.717) is 19.6 Å². The van der Waals surface area contributed by atoms with Gasteiger partial charge in [-0.3, -0.25) is 9.69 Å². The van der Waals surface area contributed by atoms with Crippen molar-refractivity contribution in [2.45, 2.75) is 12.3 Å². The molecule has 0 spiro atoms. The second kappa shape index (κ2) is 8.24. The molecule has 2 rings (SSSR count). The Labute approximate surface area is 131 Å². The monoisotopic (exact) mass is 307 g/mol. The summed E-state index contributed by atoms with van der Waals surface area (Å²) in [4.78, 5) is 16.5. The van der Waals surface area contributed by atoms with Crippen LogP contribution in [0.5, 0.6) is 0 Å². The number of hydrogen-bond acceptors (Lipinski definition) is 5. The van der Waals surface area contributed by atoms with Crippen molar-refractivity contribution < 1.29 is 14.3 Å². The van der Waals surface area contributed by atoms with Gasteiger partial charge >= 0.3 is 0 Å². The van der Waals surface area contributed by atoms with Crippen molar-refractivity contribution in [1.29, 1.82) is 0 Å². The van der Waals surface area contributed by atoms with Crippen LogP contribution in [0.2, 0.25) is 0 Å². The molecule has 0 radical (unpaired) electrons. The molecule has 6 heteroatoms. The highest BCUT2D eigenvalue weighted by molar-refractivity contribution is 5.83. The molecule has 0 unspecified atom stereocenters. The number of nitrogens with two attached hydrogens (primary N) is 1. The highest BCUT2D eigenvalue weighted by Gasteiger charge is 2.26. The van der Waals surface area contributed by atoms with Gasteiger partial charge in [0, 0.05) is 46.9 Å². The van der Waals surface area contributed by atoms with Crippen molar-refractivity contribution in [3.8, 4) is 0 Å². The van der Waals surface area contributed by atoms with E-state index in [9.17, 15) is 4.79 Å². The fourth-order valence-electron chi connectivity index (χ4n) is 2.61. The fourth-order valence-corrected chi connectivity index (χ4v) is 2.61. The molecular formula is C16H25N3O3. The largest absolute Gasteiger partial charge is 0.355 e. The van der Waals surface area contributed by atoms with Crippen molar-refractivity contribution in [1.82, 2.24) is 9.80 Å². The van der Waals surface area contributed by atoms with Crippen molar-refractivity contribution in [3.05, 3.63) is 35.9 Å². The Morgan fingerprint density at radius 2 is 1.73 bits per heavy atom. The second-order valence-electron chi connectivity index (χ2n) is 5.42. The third-order valence-corrected chi connectivity index (χ3v) is 4.04. The maximum Gasteiger partial charge on any atom is 0.244 e. The van der Waals surface area contributed by atoms with E-state index in [1.807, 2.05) is 35.2 Å². The SMILES string of the molecule is COC(CN1CCN(C(=O)[C@H](N)c2ccccc2)CC1)OC. The van der Waals surface area contributed by atoms with Crippen LogP contribution in [0.25, 0.3) is 0 Å². The molecule has 122 valence electrons. The number of piperazine rings is 1. The number of methoxy groups -OCH3 is 2. The van der Waals surface area contributed by atoms with Crippen LogP contribution < -0.4 is 5.73 Å². The van der Waals surface area contributed by atoms with Gasteiger partial charge in [-0.1, -0.05) is 30.3 Å². The third-order valence-electron chi connectivity index (χ3n) is 4.04. The first-order valence-electron chi connectivity index (χ1n) is 7.53. The lowest BCUT2D eigenvalue weighted by atomic mass is 10.1. The number of benzene rings is 1. The fraction of sp³-hybridized carbons (Fsp3) is 0.562. The van der Waals surface area contributed by atoms with Crippen LogP contribution in [0.1, 0.15) is 11.6 Å². The van der Waals surface area contributed by atoms with Gasteiger partial charge in [-0.05, 0) is 5.56 Å². The van der Waals surface area contributed by atoms with E-state index < -0.39 is 6.04 Å². The van der Waals surface area contributed by atoms with Crippen LogP contribution in [-0.4, -0.2) is 68.9 Å². The third kappa shape index (κ3) is 4.27. The van der Waals surface area contributed by atoms with Gasteiger partial charge in [0.2, 0.25) is 5.91 Å². The molecule has 1 aromatic rings. The van der Waals surface area contributed by atoms with Crippen LogP contribution in [-0.2, 0) is 14.3 Å². The summed E-state index contributed by atoms with van der Waals surface area (Å²) in [6.07, 6.45) is -0.228. The summed E-state index contributed by atoms with van der Waals surface area (Å²) in [6.45, 7) is 3.67. The molecule has 0 saturated carbocycles. The van der Waals surface area contributed by atoms with E-state index >= 15 is 0 Å². The Kier molecular flexibility index (Phi) is 6.33. The first kappa shape index (κ1) is 16.9. The lowest BCUT2D eigenvalue weighted by Gasteiger charge is -2.36. The maximum absolute atomic E-state index is 12.5. The minimum absolute atomic E-state index is 0.0131. The lowest BCUT2D eigenvalue weighted by Crippen LogP contribution is -2.52. The molecule has 1 heterocycles. The van der Waals surface area contributed by atoms with Crippen LogP contribution in [0.3, 0.4) is 0 Å². The number of nitrogens with zero attached hydrogens (tertiary/aromatic N) is 2. The summed E-state index contributed by atoms with van der Waals surface area (Å²) in [7, 11) is 3.26. The molecule has 0 aromatic heterocycles. The summed E-state index contributed by atoms with van der Waals surface area (Å²) in [6, 6.07) is 8.91. The number of carbonyl (C=O) groups is 1. The van der Waals surface area contributed by atoms with Gasteiger partial charge in [0.15, 0.2) is 6.29 Å². The van der Waals surface area contributed by atoms with Gasteiger partial charge in [-0.15, -0.1) is 0 Å². The molecule has 1 amide bonds. The van der Waals surface area contributed by atoms with Gasteiger partial charge < -0.3 is 20.1 Å². The number of rotatable bonds is 6. The van der Waals surface area contributed by atoms with Crippen LogP contribution in [0.4, 0.5) is 0 Å². The predicted molar refractivity (Wildman–Crippen MR) is 84.2 cm³/mol. The summed E-state index contributed by atoms with van der Waals surface area (Å²) < 4.78 is 10.4. The molecule has 6 nitrogen and oxygen atoms in total. The first-order chi connectivity index (χ1) is 10.7. The van der Waals surface area contributed by atoms with Gasteiger partial charge in [-0.25, -0.2) is 0 Å². The van der Waals surface area contributed by atoms with Crippen LogP contribution >= 0.6 is 0 Å². The number of hydrogen-bond donors (Lipinski definition) is 1. The van der Waals surface area contributed by atoms with Gasteiger partial charge in [0.25, 0.3) is 0 Å². The first-order valence-corrected chi connectivity index (χ1v) is 7.53. The lowest BCUT2D eigenvalue weighted by molar-refractivity contribution is -0.137. The smallest absolute Gasteiger partial charge is 0.244 e. The topological polar surface area (TPSA) is 68.0 Å². The number of amides is 1. The minimum atomic E-state index is -0.585. The molecule has 2 N–H and O–H groups in total. The standard InChI is InChI=1S/C16H25N3O3/c1-21-14(22-2)12-18-8-10-19(11-9-18)16(20)15(17)13-6-4-3-5-7-13/h3-7,14-15H,8-12,17H2,1-2H3/t15-/m1/s1. The van der Waals surface area contributed by atoms with E-state index in [0.717, 1.165) is 18.7 Å². The highest BCUT2D eigenvalue weighted by atomic mass is 16.7. The number of ether oxygens (including phenoxy) is 2. The van der Waals surface area contributed by atoms with E-state index in [-0.39, 0.29) is 12.2 Å². The molecule has 1 aliphatic heterocycles. The Bertz CT molecular complexity index is 457. The molecule has 1 fully saturated rings. The zero-order chi connectivity index (χ0) is 15.9. The minimum Gasteiger partial charge on any atom is -0.355 e. The molecule has 1 atom stereocenters. The normalized spacial score (nSPS) is 17.7. The van der Waals surface area contributed by atoms with Crippen molar-refractivity contribution in [2.75, 3.05) is 46.9 Å². The average Bonchev–Trinajstić information content (AvgIpc) is 2.59. The second-order valence-corrected chi connectivity index (χ2v) is 5.42. The molecule has 1 aliphatic rings. The summed E-state index contributed by atoms with van der Waals surface area (Å²) in [5.74, 6) is -0.0131.